The summed E-state index contributed by atoms with van der Waals surface area (Å²) in [7, 11) is 1.85. The zero-order chi connectivity index (χ0) is 15.2. The zero-order valence-electron chi connectivity index (χ0n) is 11.7. The Kier molecular flexibility index (Phi) is 4.71. The lowest BCUT2D eigenvalue weighted by Crippen LogP contribution is -2.31. The summed E-state index contributed by atoms with van der Waals surface area (Å²) in [6, 6.07) is 9.06. The quantitative estimate of drug-likeness (QED) is 0.843. The Balaban J connectivity index is 2.19. The summed E-state index contributed by atoms with van der Waals surface area (Å²) in [5.41, 5.74) is 0.899. The van der Waals surface area contributed by atoms with Gasteiger partial charge < -0.3 is 15.0 Å². The van der Waals surface area contributed by atoms with Crippen LogP contribution in [0.15, 0.2) is 42.7 Å². The Bertz CT molecular complexity index is 622. The molecule has 0 aliphatic carbocycles. The molecule has 1 atom stereocenters. The molecule has 0 spiro atoms. The van der Waals surface area contributed by atoms with Gasteiger partial charge in [0.1, 0.15) is 11.9 Å². The first-order chi connectivity index (χ1) is 10.1. The molecule has 6 nitrogen and oxygen atoms in total. The van der Waals surface area contributed by atoms with Crippen LogP contribution in [0.3, 0.4) is 0 Å². The van der Waals surface area contributed by atoms with Gasteiger partial charge in [-0.05, 0) is 5.56 Å². The summed E-state index contributed by atoms with van der Waals surface area (Å²) in [4.78, 5) is 26.7. The fraction of sp³-hybridized carbons (Fsp3) is 0.267. The molecule has 110 valence electrons. The standard InChI is InChI=1S/C15H17N3O3/c1-18-10-9-16-15(18)14(11-5-3-2-4-6-11)17-12(19)7-8-13(20)21/h2-6,9-10,14H,7-8H2,1H3,(H,17,19)(H,20,21). The van der Waals surface area contributed by atoms with E-state index in [2.05, 4.69) is 10.3 Å². The van der Waals surface area contributed by atoms with E-state index in [-0.39, 0.29) is 18.7 Å². The Hall–Kier alpha value is -2.63. The van der Waals surface area contributed by atoms with Crippen LogP contribution in [0.5, 0.6) is 0 Å². The van der Waals surface area contributed by atoms with Crippen molar-refractivity contribution in [3.05, 3.63) is 54.1 Å². The molecule has 2 rings (SSSR count). The van der Waals surface area contributed by atoms with E-state index in [1.807, 2.05) is 41.9 Å². The SMILES string of the molecule is Cn1ccnc1C(NC(=O)CCC(=O)O)c1ccccc1. The number of aromatic nitrogens is 2. The molecular weight excluding hydrogens is 270 g/mol. The van der Waals surface area contributed by atoms with Crippen LogP contribution < -0.4 is 5.32 Å². The van der Waals surface area contributed by atoms with E-state index in [0.29, 0.717) is 5.82 Å². The first-order valence-electron chi connectivity index (χ1n) is 6.61. The van der Waals surface area contributed by atoms with Crippen molar-refractivity contribution in [2.75, 3.05) is 0 Å². The normalized spacial score (nSPS) is 11.9. The van der Waals surface area contributed by atoms with Gasteiger partial charge in [-0.15, -0.1) is 0 Å². The number of nitrogens with zero attached hydrogens (tertiary/aromatic N) is 2. The van der Waals surface area contributed by atoms with E-state index in [9.17, 15) is 9.59 Å². The number of carboxylic acids is 1. The van der Waals surface area contributed by atoms with Crippen LogP contribution in [0.4, 0.5) is 0 Å². The molecule has 0 saturated heterocycles. The monoisotopic (exact) mass is 287 g/mol. The fourth-order valence-corrected chi connectivity index (χ4v) is 2.05. The molecule has 6 heteroatoms. The Morgan fingerprint density at radius 1 is 1.29 bits per heavy atom. The minimum atomic E-state index is -0.988. The first kappa shape index (κ1) is 14.8. The number of imidazole rings is 1. The number of aliphatic carboxylic acids is 1. The second kappa shape index (κ2) is 6.69. The smallest absolute Gasteiger partial charge is 0.303 e. The molecule has 2 N–H and O–H groups in total. The fourth-order valence-electron chi connectivity index (χ4n) is 2.05. The van der Waals surface area contributed by atoms with E-state index >= 15 is 0 Å². The second-order valence-corrected chi connectivity index (χ2v) is 4.70. The van der Waals surface area contributed by atoms with Gasteiger partial charge in [0.15, 0.2) is 0 Å². The summed E-state index contributed by atoms with van der Waals surface area (Å²) in [6.07, 6.45) is 3.22. The minimum absolute atomic E-state index is 0.0525. The van der Waals surface area contributed by atoms with E-state index < -0.39 is 12.0 Å². The number of hydrogen-bond donors (Lipinski definition) is 2. The second-order valence-electron chi connectivity index (χ2n) is 4.70. The number of benzene rings is 1. The van der Waals surface area contributed by atoms with E-state index in [4.69, 9.17) is 5.11 Å². The summed E-state index contributed by atoms with van der Waals surface area (Å²) in [5, 5.41) is 11.5. The largest absolute Gasteiger partial charge is 0.481 e. The number of hydrogen-bond acceptors (Lipinski definition) is 3. The lowest BCUT2D eigenvalue weighted by atomic mass is 10.1. The molecular formula is C15H17N3O3. The average Bonchev–Trinajstić information content (AvgIpc) is 2.89. The highest BCUT2D eigenvalue weighted by Gasteiger charge is 2.20. The molecule has 1 amide bonds. The highest BCUT2D eigenvalue weighted by Crippen LogP contribution is 2.20. The van der Waals surface area contributed by atoms with Crippen molar-refractivity contribution in [2.24, 2.45) is 7.05 Å². The molecule has 1 aromatic carbocycles. The highest BCUT2D eigenvalue weighted by atomic mass is 16.4. The average molecular weight is 287 g/mol. The zero-order valence-corrected chi connectivity index (χ0v) is 11.7. The van der Waals surface area contributed by atoms with Gasteiger partial charge in [0.25, 0.3) is 0 Å². The molecule has 0 aliphatic rings. The number of amides is 1. The third-order valence-electron chi connectivity index (χ3n) is 3.12. The third kappa shape index (κ3) is 3.92. The van der Waals surface area contributed by atoms with Crippen molar-refractivity contribution >= 4 is 11.9 Å². The van der Waals surface area contributed by atoms with Gasteiger partial charge >= 0.3 is 5.97 Å². The summed E-state index contributed by atoms with van der Waals surface area (Å²) in [6.45, 7) is 0. The molecule has 0 saturated carbocycles. The van der Waals surface area contributed by atoms with Crippen LogP contribution in [-0.4, -0.2) is 26.5 Å². The maximum Gasteiger partial charge on any atom is 0.303 e. The first-order valence-corrected chi connectivity index (χ1v) is 6.61. The Morgan fingerprint density at radius 3 is 2.57 bits per heavy atom. The van der Waals surface area contributed by atoms with Crippen molar-refractivity contribution < 1.29 is 14.7 Å². The van der Waals surface area contributed by atoms with Crippen LogP contribution in [0.25, 0.3) is 0 Å². The summed E-state index contributed by atoms with van der Waals surface area (Å²) >= 11 is 0. The van der Waals surface area contributed by atoms with Crippen molar-refractivity contribution in [3.8, 4) is 0 Å². The van der Waals surface area contributed by atoms with E-state index in [0.717, 1.165) is 5.56 Å². The molecule has 21 heavy (non-hydrogen) atoms. The maximum atomic E-state index is 11.9. The number of rotatable bonds is 6. The molecule has 1 unspecified atom stereocenters. The number of nitrogens with one attached hydrogen (secondary N) is 1. The lowest BCUT2D eigenvalue weighted by molar-refractivity contribution is -0.138. The Morgan fingerprint density at radius 2 is 2.00 bits per heavy atom. The lowest BCUT2D eigenvalue weighted by Gasteiger charge is -2.19. The van der Waals surface area contributed by atoms with Gasteiger partial charge in [-0.25, -0.2) is 4.98 Å². The number of carbonyl (C=O) groups is 2. The predicted molar refractivity (Wildman–Crippen MR) is 76.5 cm³/mol. The van der Waals surface area contributed by atoms with E-state index in [1.54, 1.807) is 12.4 Å². The van der Waals surface area contributed by atoms with Gasteiger partial charge in [-0.1, -0.05) is 30.3 Å². The number of carboxylic acid groups (broad SMARTS) is 1. The van der Waals surface area contributed by atoms with Crippen LogP contribution in [-0.2, 0) is 16.6 Å². The minimum Gasteiger partial charge on any atom is -0.481 e. The molecule has 2 aromatic rings. The Labute approximate surface area is 122 Å². The molecule has 0 radical (unpaired) electrons. The van der Waals surface area contributed by atoms with Crippen molar-refractivity contribution in [3.63, 3.8) is 0 Å². The maximum absolute atomic E-state index is 11.9. The van der Waals surface area contributed by atoms with Gasteiger partial charge in [0.05, 0.1) is 6.42 Å². The summed E-state index contributed by atoms with van der Waals surface area (Å²) < 4.78 is 1.83. The van der Waals surface area contributed by atoms with Crippen LogP contribution in [0.2, 0.25) is 0 Å². The molecule has 0 fully saturated rings. The van der Waals surface area contributed by atoms with Gasteiger partial charge in [-0.3, -0.25) is 9.59 Å². The van der Waals surface area contributed by atoms with Crippen molar-refractivity contribution in [2.45, 2.75) is 18.9 Å². The highest BCUT2D eigenvalue weighted by molar-refractivity contribution is 5.81. The van der Waals surface area contributed by atoms with Gasteiger partial charge in [0, 0.05) is 25.9 Å². The van der Waals surface area contributed by atoms with E-state index in [1.165, 1.54) is 0 Å². The summed E-state index contributed by atoms with van der Waals surface area (Å²) in [5.74, 6) is -0.600. The molecule has 0 aliphatic heterocycles. The van der Waals surface area contributed by atoms with Gasteiger partial charge in [-0.2, -0.15) is 0 Å². The van der Waals surface area contributed by atoms with Gasteiger partial charge in [0.2, 0.25) is 5.91 Å². The predicted octanol–water partition coefficient (Wildman–Crippen LogP) is 1.49. The number of carbonyl (C=O) groups excluding carboxylic acids is 1. The van der Waals surface area contributed by atoms with Crippen LogP contribution in [0, 0.1) is 0 Å². The molecule has 1 aromatic heterocycles. The number of aryl methyl sites for hydroxylation is 1. The van der Waals surface area contributed by atoms with Crippen molar-refractivity contribution in [1.82, 2.24) is 14.9 Å². The van der Waals surface area contributed by atoms with Crippen LogP contribution >= 0.6 is 0 Å². The molecule has 0 bridgehead atoms. The third-order valence-corrected chi connectivity index (χ3v) is 3.12. The molecule has 1 heterocycles. The van der Waals surface area contributed by atoms with Crippen LogP contribution in [0.1, 0.15) is 30.3 Å². The topological polar surface area (TPSA) is 84.2 Å². The van der Waals surface area contributed by atoms with Crippen molar-refractivity contribution in [1.29, 1.82) is 0 Å².